The van der Waals surface area contributed by atoms with Crippen LogP contribution in [0.4, 0.5) is 0 Å². The third kappa shape index (κ3) is 2.37. The predicted octanol–water partition coefficient (Wildman–Crippen LogP) is 0.953. The number of guanidine groups is 1. The molecule has 3 fully saturated rings. The monoisotopic (exact) mass is 305 g/mol. The molecule has 0 aliphatic carbocycles. The van der Waals surface area contributed by atoms with Gasteiger partial charge in [0.1, 0.15) is 6.54 Å². The van der Waals surface area contributed by atoms with Gasteiger partial charge in [-0.3, -0.25) is 0 Å². The summed E-state index contributed by atoms with van der Waals surface area (Å²) in [6.07, 6.45) is 3.41. The van der Waals surface area contributed by atoms with Crippen LogP contribution in [-0.2, 0) is 11.3 Å². The quantitative estimate of drug-likeness (QED) is 0.662. The molecule has 22 heavy (non-hydrogen) atoms. The van der Waals surface area contributed by atoms with E-state index in [1.807, 2.05) is 6.92 Å². The van der Waals surface area contributed by atoms with Gasteiger partial charge in [-0.05, 0) is 26.7 Å². The highest BCUT2D eigenvalue weighted by atomic mass is 16.5. The Hall–Kier alpha value is -1.63. The fraction of sp³-hybridized carbons (Fsp3) is 0.800. The van der Waals surface area contributed by atoms with Crippen LogP contribution in [-0.4, -0.2) is 52.8 Å². The molecule has 4 unspecified atom stereocenters. The number of rotatable bonds is 3. The Morgan fingerprint density at radius 1 is 1.32 bits per heavy atom. The van der Waals surface area contributed by atoms with Gasteiger partial charge in [-0.1, -0.05) is 5.16 Å². The lowest BCUT2D eigenvalue weighted by Crippen LogP contribution is -2.41. The fourth-order valence-electron chi connectivity index (χ4n) is 4.11. The van der Waals surface area contributed by atoms with Gasteiger partial charge in [-0.2, -0.15) is 4.98 Å². The number of aryl methyl sites for hydroxylation is 1. The fourth-order valence-corrected chi connectivity index (χ4v) is 4.11. The van der Waals surface area contributed by atoms with Crippen molar-refractivity contribution in [2.75, 3.05) is 19.6 Å². The number of hydrogen-bond acceptors (Lipinski definition) is 5. The number of fused-ring (bicyclic) bond motifs is 5. The first kappa shape index (κ1) is 14.0. The highest BCUT2D eigenvalue weighted by molar-refractivity contribution is 5.80. The van der Waals surface area contributed by atoms with Crippen molar-refractivity contribution in [1.29, 1.82) is 0 Å². The van der Waals surface area contributed by atoms with Gasteiger partial charge in [-0.25, -0.2) is 4.99 Å². The minimum Gasteiger partial charge on any atom is -0.374 e. The first-order valence-electron chi connectivity index (χ1n) is 8.22. The lowest BCUT2D eigenvalue weighted by Gasteiger charge is -2.23. The molecule has 0 radical (unpaired) electrons. The van der Waals surface area contributed by atoms with Gasteiger partial charge in [0.15, 0.2) is 11.8 Å². The van der Waals surface area contributed by atoms with Crippen molar-refractivity contribution in [3.05, 3.63) is 11.7 Å². The maximum absolute atomic E-state index is 6.04. The minimum absolute atomic E-state index is 0.429. The Bertz CT molecular complexity index is 554. The predicted molar refractivity (Wildman–Crippen MR) is 80.3 cm³/mol. The number of nitrogens with zero attached hydrogens (tertiary/aromatic N) is 4. The molecule has 4 rings (SSSR count). The van der Waals surface area contributed by atoms with Crippen LogP contribution in [0.25, 0.3) is 0 Å². The van der Waals surface area contributed by atoms with E-state index in [0.717, 1.165) is 25.6 Å². The van der Waals surface area contributed by atoms with E-state index in [4.69, 9.17) is 9.26 Å². The number of hydrogen-bond donors (Lipinski definition) is 1. The molecule has 0 saturated carbocycles. The van der Waals surface area contributed by atoms with E-state index in [2.05, 4.69) is 32.3 Å². The van der Waals surface area contributed by atoms with Crippen LogP contribution in [0.5, 0.6) is 0 Å². The molecule has 120 valence electrons. The van der Waals surface area contributed by atoms with E-state index < -0.39 is 0 Å². The summed E-state index contributed by atoms with van der Waals surface area (Å²) < 4.78 is 11.2. The maximum atomic E-state index is 6.04. The topological polar surface area (TPSA) is 75.8 Å². The summed E-state index contributed by atoms with van der Waals surface area (Å²) in [6.45, 7) is 7.28. The van der Waals surface area contributed by atoms with Crippen LogP contribution in [0.2, 0.25) is 0 Å². The van der Waals surface area contributed by atoms with Gasteiger partial charge in [0.25, 0.3) is 0 Å². The molecule has 4 heterocycles. The second-order valence-electron chi connectivity index (χ2n) is 6.43. The van der Waals surface area contributed by atoms with Crippen molar-refractivity contribution in [2.45, 2.75) is 45.4 Å². The highest BCUT2D eigenvalue weighted by Gasteiger charge is 2.53. The summed E-state index contributed by atoms with van der Waals surface area (Å²) in [5.41, 5.74) is 0. The zero-order chi connectivity index (χ0) is 15.1. The molecule has 3 aliphatic rings. The first-order valence-corrected chi connectivity index (χ1v) is 8.22. The Kier molecular flexibility index (Phi) is 3.52. The molecule has 4 atom stereocenters. The van der Waals surface area contributed by atoms with Crippen molar-refractivity contribution in [3.8, 4) is 0 Å². The van der Waals surface area contributed by atoms with Gasteiger partial charge in [0.2, 0.25) is 5.89 Å². The van der Waals surface area contributed by atoms with E-state index in [9.17, 15) is 0 Å². The third-order valence-corrected chi connectivity index (χ3v) is 5.02. The van der Waals surface area contributed by atoms with Crippen LogP contribution in [0.3, 0.4) is 0 Å². The summed E-state index contributed by atoms with van der Waals surface area (Å²) in [7, 11) is 0. The molecule has 1 aromatic heterocycles. The molecule has 0 spiro atoms. The normalized spacial score (nSPS) is 33.5. The van der Waals surface area contributed by atoms with Crippen molar-refractivity contribution in [2.24, 2.45) is 16.8 Å². The molecule has 3 aliphatic heterocycles. The number of ether oxygens (including phenoxy) is 1. The summed E-state index contributed by atoms with van der Waals surface area (Å²) in [5.74, 6) is 3.52. The molecular formula is C15H23N5O2. The molecule has 1 aromatic rings. The third-order valence-electron chi connectivity index (χ3n) is 5.02. The Balaban J connectivity index is 1.46. The van der Waals surface area contributed by atoms with Crippen LogP contribution >= 0.6 is 0 Å². The lowest BCUT2D eigenvalue weighted by atomic mass is 9.82. The van der Waals surface area contributed by atoms with E-state index in [0.29, 0.717) is 42.3 Å². The summed E-state index contributed by atoms with van der Waals surface area (Å²) in [6, 6.07) is 0. The molecule has 3 saturated heterocycles. The molecule has 7 nitrogen and oxygen atoms in total. The summed E-state index contributed by atoms with van der Waals surface area (Å²) in [5, 5.41) is 7.19. The smallest absolute Gasteiger partial charge is 0.248 e. The van der Waals surface area contributed by atoms with E-state index in [1.54, 1.807) is 0 Å². The summed E-state index contributed by atoms with van der Waals surface area (Å²) >= 11 is 0. The van der Waals surface area contributed by atoms with E-state index in [1.165, 1.54) is 12.8 Å². The molecule has 0 amide bonds. The number of aromatic nitrogens is 2. The van der Waals surface area contributed by atoms with E-state index >= 15 is 0 Å². The van der Waals surface area contributed by atoms with Crippen molar-refractivity contribution < 1.29 is 9.26 Å². The van der Waals surface area contributed by atoms with Crippen molar-refractivity contribution >= 4 is 5.96 Å². The SMILES string of the molecule is CCNC(=NCc1nc(C)no1)N1CC2C3CCC(O3)C2C1. The first-order chi connectivity index (χ1) is 10.7. The maximum Gasteiger partial charge on any atom is 0.248 e. The lowest BCUT2D eigenvalue weighted by molar-refractivity contribution is 0.0767. The Morgan fingerprint density at radius 3 is 2.64 bits per heavy atom. The minimum atomic E-state index is 0.429. The standard InChI is InChI=1S/C15H23N5O2/c1-3-16-15(17-6-14-18-9(2)19-22-14)20-7-10-11(8-20)13-5-4-12(10)21-13/h10-13H,3-8H2,1-2H3,(H,16,17). The van der Waals surface area contributed by atoms with Gasteiger partial charge in [0, 0.05) is 31.5 Å². The van der Waals surface area contributed by atoms with Crippen LogP contribution < -0.4 is 5.32 Å². The van der Waals surface area contributed by atoms with Crippen LogP contribution in [0, 0.1) is 18.8 Å². The Labute approximate surface area is 130 Å². The van der Waals surface area contributed by atoms with Crippen LogP contribution in [0.1, 0.15) is 31.5 Å². The second kappa shape index (κ2) is 5.53. The zero-order valence-corrected chi connectivity index (χ0v) is 13.2. The Morgan fingerprint density at radius 2 is 2.05 bits per heavy atom. The number of aliphatic imine (C=N–C) groups is 1. The average Bonchev–Trinajstić information content (AvgIpc) is 3.24. The molecule has 0 aromatic carbocycles. The highest BCUT2D eigenvalue weighted by Crippen LogP contribution is 2.47. The largest absolute Gasteiger partial charge is 0.374 e. The van der Waals surface area contributed by atoms with Crippen molar-refractivity contribution in [3.63, 3.8) is 0 Å². The average molecular weight is 305 g/mol. The van der Waals surface area contributed by atoms with Gasteiger partial charge < -0.3 is 19.5 Å². The zero-order valence-electron chi connectivity index (χ0n) is 13.2. The second-order valence-corrected chi connectivity index (χ2v) is 6.43. The number of likely N-dealkylation sites (tertiary alicyclic amines) is 1. The molecular weight excluding hydrogens is 282 g/mol. The van der Waals surface area contributed by atoms with E-state index in [-0.39, 0.29) is 0 Å². The van der Waals surface area contributed by atoms with Gasteiger partial charge in [-0.15, -0.1) is 0 Å². The van der Waals surface area contributed by atoms with Crippen molar-refractivity contribution in [1.82, 2.24) is 20.4 Å². The number of nitrogens with one attached hydrogen (secondary N) is 1. The molecule has 7 heteroatoms. The molecule has 2 bridgehead atoms. The van der Waals surface area contributed by atoms with Gasteiger partial charge >= 0.3 is 0 Å². The molecule has 1 N–H and O–H groups in total. The van der Waals surface area contributed by atoms with Gasteiger partial charge in [0.05, 0.1) is 12.2 Å². The van der Waals surface area contributed by atoms with Crippen LogP contribution in [0.15, 0.2) is 9.52 Å². The summed E-state index contributed by atoms with van der Waals surface area (Å²) in [4.78, 5) is 11.3.